The highest BCUT2D eigenvalue weighted by Crippen LogP contribution is 2.38. The number of ether oxygens (including phenoxy) is 1. The van der Waals surface area contributed by atoms with Crippen molar-refractivity contribution in [2.75, 3.05) is 33.8 Å². The largest absolute Gasteiger partial charge is 0.496 e. The Morgan fingerprint density at radius 2 is 2.10 bits per heavy atom. The molecule has 112 valence electrons. The van der Waals surface area contributed by atoms with Crippen LogP contribution in [-0.2, 0) is 0 Å². The number of rotatable bonds is 5. The lowest BCUT2D eigenvalue weighted by Crippen LogP contribution is -2.35. The smallest absolute Gasteiger partial charge is 0.123 e. The summed E-state index contributed by atoms with van der Waals surface area (Å²) in [7, 11) is 4.02. The van der Waals surface area contributed by atoms with Crippen LogP contribution in [0.25, 0.3) is 0 Å². The first-order chi connectivity index (χ1) is 9.77. The van der Waals surface area contributed by atoms with Crippen molar-refractivity contribution in [3.8, 4) is 5.75 Å². The van der Waals surface area contributed by atoms with Crippen LogP contribution in [0, 0.1) is 5.92 Å². The van der Waals surface area contributed by atoms with E-state index in [1.807, 2.05) is 0 Å². The molecular weight excluding hydrogens is 248 g/mol. The highest BCUT2D eigenvalue weighted by molar-refractivity contribution is 5.36. The Hall–Kier alpha value is -1.06. The van der Waals surface area contributed by atoms with Crippen LogP contribution in [0.4, 0.5) is 0 Å². The number of likely N-dealkylation sites (tertiary alicyclic amines) is 1. The van der Waals surface area contributed by atoms with E-state index in [0.717, 1.165) is 18.8 Å². The highest BCUT2D eigenvalue weighted by Gasteiger charge is 2.30. The second kappa shape index (κ2) is 7.65. The summed E-state index contributed by atoms with van der Waals surface area (Å²) in [5.41, 5.74) is 1.34. The molecule has 1 N–H and O–H groups in total. The van der Waals surface area contributed by atoms with Gasteiger partial charge in [-0.3, -0.25) is 4.90 Å². The van der Waals surface area contributed by atoms with Crippen LogP contribution in [0.15, 0.2) is 24.3 Å². The van der Waals surface area contributed by atoms with Gasteiger partial charge in [-0.15, -0.1) is 0 Å². The van der Waals surface area contributed by atoms with Gasteiger partial charge in [0.05, 0.1) is 7.11 Å². The van der Waals surface area contributed by atoms with E-state index in [4.69, 9.17) is 4.74 Å². The average molecular weight is 276 g/mol. The van der Waals surface area contributed by atoms with Crippen LogP contribution in [0.1, 0.15) is 37.8 Å². The molecule has 2 unspecified atom stereocenters. The minimum absolute atomic E-state index is 0.452. The quantitative estimate of drug-likeness (QED) is 0.894. The van der Waals surface area contributed by atoms with Gasteiger partial charge in [0.1, 0.15) is 5.75 Å². The molecule has 20 heavy (non-hydrogen) atoms. The number of nitrogens with one attached hydrogen (secondary N) is 1. The van der Waals surface area contributed by atoms with Crippen molar-refractivity contribution in [1.82, 2.24) is 10.2 Å². The molecule has 0 saturated carbocycles. The molecule has 3 heteroatoms. The van der Waals surface area contributed by atoms with Crippen molar-refractivity contribution in [3.63, 3.8) is 0 Å². The number of para-hydroxylation sites is 1. The summed E-state index contributed by atoms with van der Waals surface area (Å²) >= 11 is 0. The van der Waals surface area contributed by atoms with Gasteiger partial charge in [-0.1, -0.05) is 31.5 Å². The van der Waals surface area contributed by atoms with Crippen molar-refractivity contribution in [3.05, 3.63) is 29.8 Å². The Balaban J connectivity index is 2.29. The SMILES string of the molecule is CCNCC1CCCCN(C)C1c1ccccc1OC. The summed E-state index contributed by atoms with van der Waals surface area (Å²) in [6, 6.07) is 8.94. The molecule has 1 heterocycles. The maximum absolute atomic E-state index is 5.59. The Morgan fingerprint density at radius 1 is 1.30 bits per heavy atom. The zero-order valence-corrected chi connectivity index (χ0v) is 13.1. The fourth-order valence-electron chi connectivity index (χ4n) is 3.37. The number of hydrogen-bond donors (Lipinski definition) is 1. The van der Waals surface area contributed by atoms with Gasteiger partial charge in [0.25, 0.3) is 0 Å². The first-order valence-electron chi connectivity index (χ1n) is 7.81. The summed E-state index contributed by atoms with van der Waals surface area (Å²) < 4.78 is 5.59. The molecule has 0 radical (unpaired) electrons. The van der Waals surface area contributed by atoms with E-state index >= 15 is 0 Å². The number of nitrogens with zero attached hydrogens (tertiary/aromatic N) is 1. The first kappa shape index (κ1) is 15.3. The predicted octanol–water partition coefficient (Wildman–Crippen LogP) is 3.08. The fourth-order valence-corrected chi connectivity index (χ4v) is 3.37. The summed E-state index contributed by atoms with van der Waals surface area (Å²) in [6.45, 7) is 5.48. The van der Waals surface area contributed by atoms with Crippen LogP contribution >= 0.6 is 0 Å². The molecule has 3 nitrogen and oxygen atoms in total. The summed E-state index contributed by atoms with van der Waals surface area (Å²) in [5, 5.41) is 3.54. The monoisotopic (exact) mass is 276 g/mol. The standard InChI is InChI=1S/C17H28N2O/c1-4-18-13-14-9-7-8-12-19(2)17(14)15-10-5-6-11-16(15)20-3/h5-6,10-11,14,17-18H,4,7-9,12-13H2,1-3H3. The molecule has 1 fully saturated rings. The second-order valence-corrected chi connectivity index (χ2v) is 5.73. The van der Waals surface area contributed by atoms with E-state index < -0.39 is 0 Å². The van der Waals surface area contributed by atoms with Gasteiger partial charge in [-0.2, -0.15) is 0 Å². The predicted molar refractivity (Wildman–Crippen MR) is 84.2 cm³/mol. The van der Waals surface area contributed by atoms with Gasteiger partial charge in [-0.05, 0) is 51.5 Å². The van der Waals surface area contributed by atoms with Gasteiger partial charge >= 0.3 is 0 Å². The molecule has 1 aliphatic heterocycles. The van der Waals surface area contributed by atoms with Gasteiger partial charge < -0.3 is 10.1 Å². The maximum atomic E-state index is 5.59. The third-order valence-corrected chi connectivity index (χ3v) is 4.37. The van der Waals surface area contributed by atoms with Crippen molar-refractivity contribution in [1.29, 1.82) is 0 Å². The van der Waals surface area contributed by atoms with E-state index in [0.29, 0.717) is 12.0 Å². The lowest BCUT2D eigenvalue weighted by Gasteiger charge is -2.33. The third-order valence-electron chi connectivity index (χ3n) is 4.37. The van der Waals surface area contributed by atoms with Gasteiger partial charge in [0, 0.05) is 11.6 Å². The Labute approximate surface area is 123 Å². The molecule has 0 aromatic heterocycles. The topological polar surface area (TPSA) is 24.5 Å². The van der Waals surface area contributed by atoms with Gasteiger partial charge in [0.2, 0.25) is 0 Å². The maximum Gasteiger partial charge on any atom is 0.123 e. The Bertz CT molecular complexity index is 408. The van der Waals surface area contributed by atoms with Crippen LogP contribution in [0.2, 0.25) is 0 Å². The van der Waals surface area contributed by atoms with Crippen LogP contribution < -0.4 is 10.1 Å². The van der Waals surface area contributed by atoms with Crippen LogP contribution in [0.3, 0.4) is 0 Å². The van der Waals surface area contributed by atoms with E-state index in [9.17, 15) is 0 Å². The molecule has 1 aromatic rings. The summed E-state index contributed by atoms with van der Waals surface area (Å²) in [4.78, 5) is 2.51. The second-order valence-electron chi connectivity index (χ2n) is 5.73. The van der Waals surface area contributed by atoms with Crippen molar-refractivity contribution < 1.29 is 4.74 Å². The lowest BCUT2D eigenvalue weighted by atomic mass is 9.88. The first-order valence-corrected chi connectivity index (χ1v) is 7.81. The van der Waals surface area contributed by atoms with E-state index in [-0.39, 0.29) is 0 Å². The molecular formula is C17H28N2O. The van der Waals surface area contributed by atoms with E-state index in [2.05, 4.69) is 48.5 Å². The zero-order valence-electron chi connectivity index (χ0n) is 13.1. The Kier molecular flexibility index (Phi) is 5.86. The molecule has 2 rings (SSSR count). The lowest BCUT2D eigenvalue weighted by molar-refractivity contribution is 0.185. The molecule has 0 amide bonds. The van der Waals surface area contributed by atoms with Crippen molar-refractivity contribution >= 4 is 0 Å². The van der Waals surface area contributed by atoms with Gasteiger partial charge in [0.15, 0.2) is 0 Å². The summed E-state index contributed by atoms with van der Waals surface area (Å²) in [6.07, 6.45) is 3.91. The highest BCUT2D eigenvalue weighted by atomic mass is 16.5. The molecule has 2 atom stereocenters. The van der Waals surface area contributed by atoms with Crippen LogP contribution in [-0.4, -0.2) is 38.7 Å². The third kappa shape index (κ3) is 3.53. The minimum Gasteiger partial charge on any atom is -0.496 e. The zero-order chi connectivity index (χ0) is 14.4. The molecule has 1 saturated heterocycles. The van der Waals surface area contributed by atoms with Crippen LogP contribution in [0.5, 0.6) is 5.75 Å². The van der Waals surface area contributed by atoms with Crippen molar-refractivity contribution in [2.45, 2.75) is 32.2 Å². The number of hydrogen-bond acceptors (Lipinski definition) is 3. The molecule has 1 aliphatic rings. The number of benzene rings is 1. The number of methoxy groups -OCH3 is 1. The molecule has 0 bridgehead atoms. The van der Waals surface area contributed by atoms with Gasteiger partial charge in [-0.25, -0.2) is 0 Å². The molecule has 0 spiro atoms. The van der Waals surface area contributed by atoms with E-state index in [1.165, 1.54) is 31.4 Å². The summed E-state index contributed by atoms with van der Waals surface area (Å²) in [5.74, 6) is 1.67. The Morgan fingerprint density at radius 3 is 2.85 bits per heavy atom. The molecule has 1 aromatic carbocycles. The van der Waals surface area contributed by atoms with E-state index in [1.54, 1.807) is 7.11 Å². The minimum atomic E-state index is 0.452. The fraction of sp³-hybridized carbons (Fsp3) is 0.647. The molecule has 0 aliphatic carbocycles. The van der Waals surface area contributed by atoms with Crippen molar-refractivity contribution in [2.24, 2.45) is 5.92 Å². The average Bonchev–Trinajstić information content (AvgIpc) is 2.66. The normalized spacial score (nSPS) is 24.4.